The molecule has 2 rings (SSSR count). The van der Waals surface area contributed by atoms with Gasteiger partial charge in [0.25, 0.3) is 0 Å². The largest absolute Gasteiger partial charge is 0.384 e. The first-order valence-corrected chi connectivity index (χ1v) is 7.46. The van der Waals surface area contributed by atoms with Crippen LogP contribution in [0.15, 0.2) is 42.5 Å². The molecule has 0 radical (unpaired) electrons. The number of aliphatic hydroxyl groups excluding tert-OH is 1. The van der Waals surface area contributed by atoms with E-state index < -0.39 is 6.10 Å². The molecule has 0 aliphatic carbocycles. The van der Waals surface area contributed by atoms with Gasteiger partial charge in [-0.2, -0.15) is 0 Å². The topological polar surface area (TPSA) is 20.2 Å². The summed E-state index contributed by atoms with van der Waals surface area (Å²) in [6.07, 6.45) is 3.03. The molecule has 0 aromatic heterocycles. The molecule has 0 aliphatic heterocycles. The smallest absolute Gasteiger partial charge is 0.104 e. The van der Waals surface area contributed by atoms with Crippen LogP contribution in [0.2, 0.25) is 0 Å². The number of aliphatic hydroxyl groups is 1. The summed E-state index contributed by atoms with van der Waals surface area (Å²) >= 11 is 0. The Balaban J connectivity index is 2.20. The monoisotopic (exact) mass is 268 g/mol. The highest BCUT2D eigenvalue weighted by molar-refractivity contribution is 5.38. The third-order valence-corrected chi connectivity index (χ3v) is 3.84. The Morgan fingerprint density at radius 2 is 1.70 bits per heavy atom. The van der Waals surface area contributed by atoms with Crippen LogP contribution in [0.5, 0.6) is 0 Å². The van der Waals surface area contributed by atoms with Gasteiger partial charge in [-0.15, -0.1) is 0 Å². The second kappa shape index (κ2) is 6.71. The highest BCUT2D eigenvalue weighted by Gasteiger charge is 2.12. The van der Waals surface area contributed by atoms with Gasteiger partial charge in [-0.3, -0.25) is 0 Å². The van der Waals surface area contributed by atoms with Gasteiger partial charge in [0.05, 0.1) is 0 Å². The Morgan fingerprint density at radius 3 is 2.35 bits per heavy atom. The lowest BCUT2D eigenvalue weighted by Crippen LogP contribution is -2.02. The predicted octanol–water partition coefficient (Wildman–Crippen LogP) is 4.73. The van der Waals surface area contributed by atoms with Crippen molar-refractivity contribution in [3.8, 4) is 0 Å². The van der Waals surface area contributed by atoms with Crippen molar-refractivity contribution in [2.75, 3.05) is 0 Å². The zero-order valence-corrected chi connectivity index (χ0v) is 12.7. The molecular formula is C19H24O. The first-order valence-electron chi connectivity index (χ1n) is 7.46. The normalized spacial score (nSPS) is 12.4. The van der Waals surface area contributed by atoms with Crippen LogP contribution in [0.25, 0.3) is 0 Å². The first kappa shape index (κ1) is 14.8. The van der Waals surface area contributed by atoms with Crippen LogP contribution in [0.4, 0.5) is 0 Å². The molecule has 0 spiro atoms. The van der Waals surface area contributed by atoms with Crippen LogP contribution in [0.1, 0.15) is 53.7 Å². The number of aryl methyl sites for hydroxylation is 3. The molecule has 0 heterocycles. The van der Waals surface area contributed by atoms with E-state index in [1.807, 2.05) is 6.92 Å². The highest BCUT2D eigenvalue weighted by Crippen LogP contribution is 2.26. The average molecular weight is 268 g/mol. The van der Waals surface area contributed by atoms with Crippen molar-refractivity contribution >= 4 is 0 Å². The molecule has 0 aliphatic rings. The molecule has 20 heavy (non-hydrogen) atoms. The predicted molar refractivity (Wildman–Crippen MR) is 85.0 cm³/mol. The second-order valence-electron chi connectivity index (χ2n) is 5.61. The highest BCUT2D eigenvalue weighted by atomic mass is 16.3. The molecule has 1 N–H and O–H groups in total. The van der Waals surface area contributed by atoms with Crippen molar-refractivity contribution in [3.05, 3.63) is 70.3 Å². The Morgan fingerprint density at radius 1 is 1.00 bits per heavy atom. The van der Waals surface area contributed by atoms with Gasteiger partial charge in [0.2, 0.25) is 0 Å². The lowest BCUT2D eigenvalue weighted by molar-refractivity contribution is 0.219. The van der Waals surface area contributed by atoms with Crippen molar-refractivity contribution in [2.24, 2.45) is 0 Å². The zero-order chi connectivity index (χ0) is 14.5. The molecule has 1 nitrogen and oxygen atoms in total. The van der Waals surface area contributed by atoms with Crippen LogP contribution in [-0.4, -0.2) is 5.11 Å². The first-order chi connectivity index (χ1) is 9.61. The lowest BCUT2D eigenvalue weighted by Gasteiger charge is -2.15. The number of hydrogen-bond donors (Lipinski definition) is 1. The van der Waals surface area contributed by atoms with E-state index in [0.717, 1.165) is 23.1 Å². The van der Waals surface area contributed by atoms with E-state index in [2.05, 4.69) is 56.3 Å². The van der Waals surface area contributed by atoms with Gasteiger partial charge in [0.1, 0.15) is 6.10 Å². The summed E-state index contributed by atoms with van der Waals surface area (Å²) in [6.45, 7) is 6.32. The SMILES string of the molecule is CCCCc1ccc(C(O)c2cc(C)ccc2C)cc1. The van der Waals surface area contributed by atoms with Crippen LogP contribution in [0.3, 0.4) is 0 Å². The van der Waals surface area contributed by atoms with E-state index in [-0.39, 0.29) is 0 Å². The minimum Gasteiger partial charge on any atom is -0.384 e. The standard InChI is InChI=1S/C19H24O/c1-4-5-6-16-9-11-17(12-10-16)19(20)18-13-14(2)7-8-15(18)3/h7-13,19-20H,4-6H2,1-3H3. The lowest BCUT2D eigenvalue weighted by atomic mass is 9.95. The van der Waals surface area contributed by atoms with Crippen molar-refractivity contribution in [3.63, 3.8) is 0 Å². The molecular weight excluding hydrogens is 244 g/mol. The van der Waals surface area contributed by atoms with Crippen molar-refractivity contribution in [1.82, 2.24) is 0 Å². The van der Waals surface area contributed by atoms with Crippen LogP contribution in [-0.2, 0) is 6.42 Å². The fraction of sp³-hybridized carbons (Fsp3) is 0.368. The van der Waals surface area contributed by atoms with Gasteiger partial charge in [0.15, 0.2) is 0 Å². The van der Waals surface area contributed by atoms with Crippen LogP contribution < -0.4 is 0 Å². The molecule has 106 valence electrons. The summed E-state index contributed by atoms with van der Waals surface area (Å²) in [4.78, 5) is 0. The van der Waals surface area contributed by atoms with E-state index in [9.17, 15) is 5.11 Å². The Bertz CT molecular complexity index is 554. The molecule has 0 saturated heterocycles. The van der Waals surface area contributed by atoms with Crippen molar-refractivity contribution in [2.45, 2.75) is 46.1 Å². The molecule has 0 saturated carbocycles. The second-order valence-corrected chi connectivity index (χ2v) is 5.61. The summed E-state index contributed by atoms with van der Waals surface area (Å²) in [5.41, 5.74) is 5.65. The van der Waals surface area contributed by atoms with Crippen molar-refractivity contribution in [1.29, 1.82) is 0 Å². The summed E-state index contributed by atoms with van der Waals surface area (Å²) in [5, 5.41) is 10.6. The summed E-state index contributed by atoms with van der Waals surface area (Å²) < 4.78 is 0. The third-order valence-electron chi connectivity index (χ3n) is 3.84. The molecule has 2 aromatic rings. The Hall–Kier alpha value is -1.60. The Labute approximate surface area is 122 Å². The van der Waals surface area contributed by atoms with E-state index in [1.54, 1.807) is 0 Å². The number of unbranched alkanes of at least 4 members (excludes halogenated alkanes) is 1. The van der Waals surface area contributed by atoms with Crippen molar-refractivity contribution < 1.29 is 5.11 Å². The molecule has 0 bridgehead atoms. The van der Waals surface area contributed by atoms with E-state index in [4.69, 9.17) is 0 Å². The molecule has 0 fully saturated rings. The molecule has 1 unspecified atom stereocenters. The molecule has 1 atom stereocenters. The molecule has 2 aromatic carbocycles. The van der Waals surface area contributed by atoms with Gasteiger partial charge >= 0.3 is 0 Å². The maximum atomic E-state index is 10.6. The van der Waals surface area contributed by atoms with Crippen LogP contribution in [0, 0.1) is 13.8 Å². The van der Waals surface area contributed by atoms with E-state index in [0.29, 0.717) is 0 Å². The Kier molecular flexibility index (Phi) is 4.97. The maximum Gasteiger partial charge on any atom is 0.104 e. The maximum absolute atomic E-state index is 10.6. The zero-order valence-electron chi connectivity index (χ0n) is 12.7. The number of rotatable bonds is 5. The fourth-order valence-corrected chi connectivity index (χ4v) is 2.48. The number of benzene rings is 2. The van der Waals surface area contributed by atoms with Gasteiger partial charge in [-0.25, -0.2) is 0 Å². The number of hydrogen-bond acceptors (Lipinski definition) is 1. The molecule has 1 heteroatoms. The van der Waals surface area contributed by atoms with Gasteiger partial charge in [-0.1, -0.05) is 61.4 Å². The van der Waals surface area contributed by atoms with E-state index >= 15 is 0 Å². The third kappa shape index (κ3) is 3.49. The van der Waals surface area contributed by atoms with Gasteiger partial charge in [0, 0.05) is 0 Å². The summed E-state index contributed by atoms with van der Waals surface area (Å²) in [6, 6.07) is 14.6. The van der Waals surface area contributed by atoms with Crippen LogP contribution >= 0.6 is 0 Å². The molecule has 0 amide bonds. The summed E-state index contributed by atoms with van der Waals surface area (Å²) in [7, 11) is 0. The minimum atomic E-state index is -0.532. The fourth-order valence-electron chi connectivity index (χ4n) is 2.48. The average Bonchev–Trinajstić information content (AvgIpc) is 2.47. The van der Waals surface area contributed by atoms with Gasteiger partial charge < -0.3 is 5.11 Å². The quantitative estimate of drug-likeness (QED) is 0.831. The summed E-state index contributed by atoms with van der Waals surface area (Å²) in [5.74, 6) is 0. The minimum absolute atomic E-state index is 0.532. The van der Waals surface area contributed by atoms with E-state index in [1.165, 1.54) is 24.0 Å². The van der Waals surface area contributed by atoms with Gasteiger partial charge in [-0.05, 0) is 48.9 Å².